The number of hydrogen-bond donors (Lipinski definition) is 1. The number of hydrogen-bond acceptors (Lipinski definition) is 9. The molecule has 6 nitrogen and oxygen atoms in total. The van der Waals surface area contributed by atoms with Crippen LogP contribution in [-0.2, 0) is 51.2 Å². The molecule has 0 spiro atoms. The summed E-state index contributed by atoms with van der Waals surface area (Å²) in [6, 6.07) is 0.709. The molecule has 0 fully saturated rings. The molecule has 0 unspecified atom stereocenters. The van der Waals surface area contributed by atoms with Crippen LogP contribution < -0.4 is 154 Å². The van der Waals surface area contributed by atoms with Gasteiger partial charge in [-0.25, -0.2) is 4.38 Å². The second-order valence-corrected chi connectivity index (χ2v) is 11.7. The molecule has 0 bridgehead atoms. The molecule has 0 radical (unpaired) electrons. The van der Waals surface area contributed by atoms with Crippen molar-refractivity contribution in [1.82, 2.24) is 9.80 Å². The Bertz CT molecular complexity index is 523. The molecule has 0 rings (SSSR count). The van der Waals surface area contributed by atoms with Crippen molar-refractivity contribution in [2.45, 2.75) is 33.2 Å². The summed E-state index contributed by atoms with van der Waals surface area (Å²) in [5.74, 6) is 0. The van der Waals surface area contributed by atoms with Gasteiger partial charge in [-0.2, -0.15) is 0 Å². The minimum atomic E-state index is -2.67. The van der Waals surface area contributed by atoms with Gasteiger partial charge in [0.1, 0.15) is 4.32 Å². The van der Waals surface area contributed by atoms with Crippen molar-refractivity contribution in [2.24, 2.45) is 4.99 Å². The van der Waals surface area contributed by atoms with Crippen LogP contribution in [0.25, 0.3) is 0 Å². The molecule has 170 valence electrons. The van der Waals surface area contributed by atoms with Crippen molar-refractivity contribution < 1.29 is 167 Å². The number of thiol groups is 1. The van der Waals surface area contributed by atoms with Crippen LogP contribution >= 0.6 is 37.1 Å². The summed E-state index contributed by atoms with van der Waals surface area (Å²) in [6.07, 6.45) is 0.799. The quantitative estimate of drug-likeness (QED) is 0.0437. The number of aliphatic imine (C=N–C) groups is 1. The first-order valence-corrected chi connectivity index (χ1v) is 13.9. The average molecular weight is 650 g/mol. The third kappa shape index (κ3) is 22.3. The molecule has 0 heterocycles. The zero-order valence-corrected chi connectivity index (χ0v) is 35.5. The molecule has 16 heteroatoms. The molecule has 0 aliphatic rings. The van der Waals surface area contributed by atoms with Crippen molar-refractivity contribution >= 4 is 96.8 Å². The number of nitrogens with zero attached hydrogens (tertiary/aromatic N) is 3. The Morgan fingerprint density at radius 2 is 1.31 bits per heavy atom. The molecule has 0 aromatic heterocycles. The van der Waals surface area contributed by atoms with Crippen molar-refractivity contribution in [3.8, 4) is 0 Å². The van der Waals surface area contributed by atoms with Crippen LogP contribution in [0, 0.1) is 0 Å². The van der Waals surface area contributed by atoms with E-state index in [9.17, 15) is 0 Å². The van der Waals surface area contributed by atoms with Crippen molar-refractivity contribution in [3.05, 3.63) is 0 Å². The normalized spacial score (nSPS) is 10.1. The Labute approximate surface area is 356 Å². The van der Waals surface area contributed by atoms with E-state index in [2.05, 4.69) is 17.6 Å². The molecule has 0 amide bonds. The van der Waals surface area contributed by atoms with Crippen LogP contribution in [0.1, 0.15) is 27.2 Å². The van der Waals surface area contributed by atoms with Crippen LogP contribution in [0.3, 0.4) is 0 Å². The van der Waals surface area contributed by atoms with Gasteiger partial charge in [-0.1, -0.05) is 16.5 Å². The monoisotopic (exact) mass is 649 g/mol. The van der Waals surface area contributed by atoms with Crippen LogP contribution in [0.4, 0.5) is 0 Å². The van der Waals surface area contributed by atoms with Crippen molar-refractivity contribution in [2.75, 3.05) is 52.5 Å². The maximum atomic E-state index is 5.90. The fourth-order valence-corrected chi connectivity index (χ4v) is 6.11. The Morgan fingerprint density at radius 1 is 0.844 bits per heavy atom. The summed E-state index contributed by atoms with van der Waals surface area (Å²) in [6.45, 7) is 10.5. The fraction of sp³-hybridized carbons (Fsp3) is 0.812. The largest absolute Gasteiger partial charge is 1.00 e. The van der Waals surface area contributed by atoms with Gasteiger partial charge < -0.3 is 78.2 Å². The van der Waals surface area contributed by atoms with Gasteiger partial charge >= 0.3 is 163 Å². The zero-order chi connectivity index (χ0) is 22.3. The van der Waals surface area contributed by atoms with E-state index in [-0.39, 0.29) is 159 Å². The number of rotatable bonds is 16. The average Bonchev–Trinajstić information content (AvgIpc) is 2.62. The summed E-state index contributed by atoms with van der Waals surface area (Å²) in [7, 11) is -2.67. The van der Waals surface area contributed by atoms with Gasteiger partial charge in [-0.05, 0) is 27.2 Å². The molecular weight excluding hydrogens is 620 g/mol. The minimum absolute atomic E-state index is 0. The van der Waals surface area contributed by atoms with E-state index in [1.807, 2.05) is 30.6 Å². The van der Waals surface area contributed by atoms with Crippen LogP contribution in [-0.4, -0.2) is 84.2 Å². The van der Waals surface area contributed by atoms with E-state index in [0.29, 0.717) is 67.2 Å². The predicted molar refractivity (Wildman–Crippen MR) is 142 cm³/mol. The van der Waals surface area contributed by atoms with Crippen LogP contribution in [0.2, 0.25) is 6.04 Å². The van der Waals surface area contributed by atoms with Gasteiger partial charge in [-0.15, -0.1) is 12.6 Å². The third-order valence-corrected chi connectivity index (χ3v) is 8.25. The molecule has 0 aromatic rings. The maximum absolute atomic E-state index is 5.90. The molecule has 0 saturated heterocycles. The molecule has 0 saturated carbocycles. The van der Waals surface area contributed by atoms with E-state index in [0.717, 1.165) is 6.42 Å². The third-order valence-electron chi connectivity index (χ3n) is 3.78. The molecule has 0 aliphatic heterocycles. The summed E-state index contributed by atoms with van der Waals surface area (Å²) in [4.78, 5) is 7.95. The molecule has 0 aliphatic carbocycles. The van der Waals surface area contributed by atoms with Crippen molar-refractivity contribution in [1.29, 1.82) is 0 Å². The SMILES string of the molecule is CCO[Si](CCCN(CCN(CCN=C([S-])[S-])C(=S)S)C(=S)[S-])(OCC)OCC.[K+].[K+].[K+]. The van der Waals surface area contributed by atoms with Gasteiger partial charge in [0, 0.05) is 52.0 Å². The second-order valence-electron chi connectivity index (χ2n) is 5.76. The van der Waals surface area contributed by atoms with E-state index >= 15 is 0 Å². The molecule has 0 atom stereocenters. The smallest absolute Gasteiger partial charge is 0.789 e. The minimum Gasteiger partial charge on any atom is -0.789 e. The molecular formula is C16H30K3N3O3S6Si. The zero-order valence-electron chi connectivity index (χ0n) is 20.1. The maximum Gasteiger partial charge on any atom is 1.00 e. The van der Waals surface area contributed by atoms with Crippen molar-refractivity contribution in [3.63, 3.8) is 0 Å². The van der Waals surface area contributed by atoms with Crippen LogP contribution in [0.15, 0.2) is 4.99 Å². The van der Waals surface area contributed by atoms with Gasteiger partial charge in [0.2, 0.25) is 0 Å². The predicted octanol–water partition coefficient (Wildman–Crippen LogP) is -6.46. The van der Waals surface area contributed by atoms with E-state index in [4.69, 9.17) is 75.6 Å². The summed E-state index contributed by atoms with van der Waals surface area (Å²) in [5, 5.41) is 0. The van der Waals surface area contributed by atoms with E-state index in [1.54, 1.807) is 0 Å². The topological polar surface area (TPSA) is 46.5 Å². The molecule has 0 N–H and O–H groups in total. The van der Waals surface area contributed by atoms with E-state index in [1.165, 1.54) is 0 Å². The van der Waals surface area contributed by atoms with E-state index < -0.39 is 8.80 Å². The van der Waals surface area contributed by atoms with Gasteiger partial charge in [0.25, 0.3) is 0 Å². The van der Waals surface area contributed by atoms with Gasteiger partial charge in [0.05, 0.1) is 6.54 Å². The molecule has 32 heavy (non-hydrogen) atoms. The Hall–Kier alpha value is 5.47. The number of thiocarbonyl (C=S) groups is 2. The van der Waals surface area contributed by atoms with Gasteiger partial charge in [-0.3, -0.25) is 0 Å². The standard InChI is InChI=1S/C16H33N3O3S6Si.3K/c1-4-20-29(21-5-2,22-6-3)13-7-9-18(15(25)26)11-12-19(16(27)28)10-8-17-14(23)24;;;/h4-13H2,1-3H3,(H,25,26)(H,27,28)(H2,17,23,24);;;/q;3*+1/p-3. The van der Waals surface area contributed by atoms with Crippen LogP contribution in [0.5, 0.6) is 0 Å². The second kappa shape index (κ2) is 28.0. The molecule has 0 aromatic carbocycles. The first-order valence-electron chi connectivity index (χ1n) is 9.45. The first-order chi connectivity index (χ1) is 13.7. The Kier molecular flexibility index (Phi) is 38.9. The summed E-state index contributed by atoms with van der Waals surface area (Å²) in [5.41, 5.74) is 0. The first kappa shape index (κ1) is 44.5. The summed E-state index contributed by atoms with van der Waals surface area (Å²) >= 11 is 29.6. The fourth-order valence-electron chi connectivity index (χ4n) is 2.59. The Morgan fingerprint density at radius 3 is 1.69 bits per heavy atom. The summed E-state index contributed by atoms with van der Waals surface area (Å²) < 4.78 is 18.8. The Balaban J connectivity index is -0.00000131. The van der Waals surface area contributed by atoms with Gasteiger partial charge in [0.15, 0.2) is 0 Å².